The molecular weight excluding hydrogens is 196 g/mol. The fourth-order valence-corrected chi connectivity index (χ4v) is 1.42. The molecular formula is C10H8N2O3. The van der Waals surface area contributed by atoms with Crippen LogP contribution in [0.3, 0.4) is 0 Å². The first-order valence-corrected chi connectivity index (χ1v) is 4.50. The summed E-state index contributed by atoms with van der Waals surface area (Å²) in [7, 11) is 0. The van der Waals surface area contributed by atoms with Gasteiger partial charge in [0.15, 0.2) is 0 Å². The van der Waals surface area contributed by atoms with Crippen molar-refractivity contribution in [3.63, 3.8) is 0 Å². The lowest BCUT2D eigenvalue weighted by Gasteiger charge is -2.10. The molecule has 2 rings (SSSR count). The van der Waals surface area contributed by atoms with Crippen LogP contribution in [-0.4, -0.2) is 27.6 Å². The van der Waals surface area contributed by atoms with Gasteiger partial charge in [-0.05, 0) is 12.1 Å². The minimum atomic E-state index is -0.587. The van der Waals surface area contributed by atoms with E-state index in [1.807, 2.05) is 0 Å². The highest BCUT2D eigenvalue weighted by molar-refractivity contribution is 6.19. The second kappa shape index (κ2) is 3.61. The summed E-state index contributed by atoms with van der Waals surface area (Å²) in [6.07, 6.45) is 3.08. The number of nitrogens with zero attached hydrogens (tertiary/aromatic N) is 2. The Hall–Kier alpha value is -2.04. The van der Waals surface area contributed by atoms with Crippen molar-refractivity contribution in [3.8, 4) is 0 Å². The molecule has 1 aliphatic heterocycles. The maximum absolute atomic E-state index is 11.7. The molecule has 0 N–H and O–H groups in total. The molecule has 0 unspecified atom stereocenters. The Labute approximate surface area is 85.7 Å². The summed E-state index contributed by atoms with van der Waals surface area (Å²) < 4.78 is 0. The van der Waals surface area contributed by atoms with Gasteiger partial charge in [-0.25, -0.2) is 4.90 Å². The van der Waals surface area contributed by atoms with Gasteiger partial charge in [0.2, 0.25) is 11.8 Å². The van der Waals surface area contributed by atoms with E-state index in [9.17, 15) is 14.4 Å². The van der Waals surface area contributed by atoms with E-state index in [0.29, 0.717) is 4.90 Å². The van der Waals surface area contributed by atoms with Crippen molar-refractivity contribution in [2.75, 3.05) is 0 Å². The number of carbonyl (C=O) groups is 3. The Morgan fingerprint density at radius 1 is 1.27 bits per heavy atom. The lowest BCUT2D eigenvalue weighted by Crippen LogP contribution is -2.35. The van der Waals surface area contributed by atoms with Crippen LogP contribution in [0.15, 0.2) is 24.5 Å². The maximum Gasteiger partial charge on any atom is 0.268 e. The van der Waals surface area contributed by atoms with E-state index in [-0.39, 0.29) is 18.4 Å². The van der Waals surface area contributed by atoms with E-state index in [4.69, 9.17) is 0 Å². The van der Waals surface area contributed by atoms with Crippen LogP contribution in [0.5, 0.6) is 0 Å². The van der Waals surface area contributed by atoms with Crippen LogP contribution in [0.2, 0.25) is 0 Å². The van der Waals surface area contributed by atoms with Gasteiger partial charge in [-0.15, -0.1) is 0 Å². The smallest absolute Gasteiger partial charge is 0.268 e. The molecule has 5 nitrogen and oxygen atoms in total. The van der Waals surface area contributed by atoms with Crippen molar-refractivity contribution >= 4 is 17.7 Å². The zero-order valence-electron chi connectivity index (χ0n) is 7.84. The average Bonchev–Trinajstić information content (AvgIpc) is 2.59. The zero-order valence-corrected chi connectivity index (χ0v) is 7.84. The Bertz CT molecular complexity index is 412. The van der Waals surface area contributed by atoms with Crippen LogP contribution >= 0.6 is 0 Å². The van der Waals surface area contributed by atoms with Crippen LogP contribution in [0.4, 0.5) is 0 Å². The van der Waals surface area contributed by atoms with Gasteiger partial charge < -0.3 is 0 Å². The Morgan fingerprint density at radius 2 is 1.93 bits per heavy atom. The van der Waals surface area contributed by atoms with E-state index in [1.165, 1.54) is 18.5 Å². The number of carbonyl (C=O) groups excluding carboxylic acids is 3. The average molecular weight is 204 g/mol. The third kappa shape index (κ3) is 1.63. The van der Waals surface area contributed by atoms with Crippen LogP contribution in [0.25, 0.3) is 0 Å². The van der Waals surface area contributed by atoms with Crippen molar-refractivity contribution in [3.05, 3.63) is 30.1 Å². The van der Waals surface area contributed by atoms with Gasteiger partial charge in [-0.3, -0.25) is 19.4 Å². The summed E-state index contributed by atoms with van der Waals surface area (Å²) in [6.45, 7) is 0. The SMILES string of the molecule is O=C1CCC(=O)N1C(=O)c1cccnc1. The van der Waals surface area contributed by atoms with Gasteiger partial charge in [-0.2, -0.15) is 0 Å². The molecule has 0 bridgehead atoms. The van der Waals surface area contributed by atoms with Crippen LogP contribution in [-0.2, 0) is 9.59 Å². The number of hydrogen-bond acceptors (Lipinski definition) is 4. The predicted molar refractivity (Wildman–Crippen MR) is 49.7 cm³/mol. The molecule has 1 aliphatic rings. The number of amides is 3. The van der Waals surface area contributed by atoms with Gasteiger partial charge in [0, 0.05) is 25.2 Å². The molecule has 5 heteroatoms. The van der Waals surface area contributed by atoms with Gasteiger partial charge >= 0.3 is 0 Å². The molecule has 1 aromatic heterocycles. The molecule has 0 aliphatic carbocycles. The normalized spacial score (nSPS) is 15.9. The Balaban J connectivity index is 2.29. The van der Waals surface area contributed by atoms with Gasteiger partial charge in [0.1, 0.15) is 0 Å². The van der Waals surface area contributed by atoms with E-state index < -0.39 is 17.7 Å². The topological polar surface area (TPSA) is 67.3 Å². The summed E-state index contributed by atoms with van der Waals surface area (Å²) >= 11 is 0. The quantitative estimate of drug-likeness (QED) is 0.620. The van der Waals surface area contributed by atoms with E-state index in [0.717, 1.165) is 0 Å². The van der Waals surface area contributed by atoms with Gasteiger partial charge in [0.25, 0.3) is 5.91 Å². The fourth-order valence-electron chi connectivity index (χ4n) is 1.42. The van der Waals surface area contributed by atoms with Crippen LogP contribution in [0.1, 0.15) is 23.2 Å². The number of rotatable bonds is 1. The molecule has 0 saturated carbocycles. The molecule has 1 aromatic rings. The highest BCUT2D eigenvalue weighted by Crippen LogP contribution is 2.15. The molecule has 1 fully saturated rings. The van der Waals surface area contributed by atoms with Gasteiger partial charge in [-0.1, -0.05) is 0 Å². The summed E-state index contributed by atoms with van der Waals surface area (Å²) in [6, 6.07) is 3.10. The lowest BCUT2D eigenvalue weighted by molar-refractivity contribution is -0.134. The fraction of sp³-hybridized carbons (Fsp3) is 0.200. The van der Waals surface area contributed by atoms with Crippen molar-refractivity contribution in [1.29, 1.82) is 0 Å². The highest BCUT2D eigenvalue weighted by Gasteiger charge is 2.34. The summed E-state index contributed by atoms with van der Waals surface area (Å²) in [5.41, 5.74) is 0.251. The van der Waals surface area contributed by atoms with Crippen molar-refractivity contribution in [2.24, 2.45) is 0 Å². The predicted octanol–water partition coefficient (Wildman–Crippen LogP) is 0.371. The summed E-state index contributed by atoms with van der Waals surface area (Å²) in [5.74, 6) is -1.46. The van der Waals surface area contributed by atoms with E-state index in [1.54, 1.807) is 6.07 Å². The second-order valence-corrected chi connectivity index (χ2v) is 3.17. The summed E-state index contributed by atoms with van der Waals surface area (Å²) in [4.78, 5) is 38.7. The molecule has 15 heavy (non-hydrogen) atoms. The largest absolute Gasteiger partial charge is 0.274 e. The molecule has 0 atom stereocenters. The van der Waals surface area contributed by atoms with E-state index >= 15 is 0 Å². The minimum Gasteiger partial charge on any atom is -0.274 e. The lowest BCUT2D eigenvalue weighted by atomic mass is 10.2. The number of likely N-dealkylation sites (tertiary alicyclic amines) is 1. The molecule has 2 heterocycles. The van der Waals surface area contributed by atoms with Crippen LogP contribution < -0.4 is 0 Å². The Kier molecular flexibility index (Phi) is 2.29. The zero-order chi connectivity index (χ0) is 10.8. The third-order valence-electron chi connectivity index (χ3n) is 2.16. The molecule has 1 saturated heterocycles. The number of pyridine rings is 1. The second-order valence-electron chi connectivity index (χ2n) is 3.17. The maximum atomic E-state index is 11.7. The minimum absolute atomic E-state index is 0.116. The number of imide groups is 3. The standard InChI is InChI=1S/C10H8N2O3/c13-8-3-4-9(14)12(8)10(15)7-2-1-5-11-6-7/h1-2,5-6H,3-4H2. The first kappa shape index (κ1) is 9.51. The first-order chi connectivity index (χ1) is 7.20. The molecule has 76 valence electrons. The summed E-state index contributed by atoms with van der Waals surface area (Å²) in [5, 5.41) is 0. The number of hydrogen-bond donors (Lipinski definition) is 0. The van der Waals surface area contributed by atoms with Crippen molar-refractivity contribution in [2.45, 2.75) is 12.8 Å². The molecule has 0 spiro atoms. The number of aromatic nitrogens is 1. The Morgan fingerprint density at radius 3 is 2.47 bits per heavy atom. The molecule has 0 radical (unpaired) electrons. The van der Waals surface area contributed by atoms with E-state index in [2.05, 4.69) is 4.98 Å². The molecule has 3 amide bonds. The van der Waals surface area contributed by atoms with Crippen molar-refractivity contribution < 1.29 is 14.4 Å². The van der Waals surface area contributed by atoms with Crippen molar-refractivity contribution in [1.82, 2.24) is 9.88 Å². The van der Waals surface area contributed by atoms with Crippen LogP contribution in [0, 0.1) is 0 Å². The molecule has 0 aromatic carbocycles. The van der Waals surface area contributed by atoms with Gasteiger partial charge in [0.05, 0.1) is 5.56 Å². The highest BCUT2D eigenvalue weighted by atomic mass is 16.2. The monoisotopic (exact) mass is 204 g/mol. The first-order valence-electron chi connectivity index (χ1n) is 4.50. The third-order valence-corrected chi connectivity index (χ3v) is 2.16.